The highest BCUT2D eigenvalue weighted by Gasteiger charge is 2.52. The van der Waals surface area contributed by atoms with Gasteiger partial charge in [-0.1, -0.05) is 73.2 Å². The molecular formula is C27H32O4. The lowest BCUT2D eigenvalue weighted by Gasteiger charge is -2.32. The van der Waals surface area contributed by atoms with Gasteiger partial charge >= 0.3 is 0 Å². The molecule has 0 radical (unpaired) electrons. The summed E-state index contributed by atoms with van der Waals surface area (Å²) in [7, 11) is 0. The van der Waals surface area contributed by atoms with Gasteiger partial charge in [-0.15, -0.1) is 0 Å². The van der Waals surface area contributed by atoms with Crippen LogP contribution in [0.15, 0.2) is 72.3 Å². The van der Waals surface area contributed by atoms with Gasteiger partial charge in [-0.25, -0.2) is 0 Å². The molecule has 1 saturated carbocycles. The summed E-state index contributed by atoms with van der Waals surface area (Å²) in [6, 6.07) is 20.6. The Morgan fingerprint density at radius 3 is 2.16 bits per heavy atom. The minimum Gasteiger partial charge on any atom is -0.372 e. The Bertz CT molecular complexity index is 857. The van der Waals surface area contributed by atoms with Gasteiger partial charge < -0.3 is 18.9 Å². The van der Waals surface area contributed by atoms with Gasteiger partial charge in [0.1, 0.15) is 12.2 Å². The van der Waals surface area contributed by atoms with E-state index in [0.29, 0.717) is 19.8 Å². The Hall–Kier alpha value is -1.98. The third-order valence-corrected chi connectivity index (χ3v) is 6.57. The van der Waals surface area contributed by atoms with Crippen molar-refractivity contribution >= 4 is 0 Å². The molecule has 3 aliphatic rings. The lowest BCUT2D eigenvalue weighted by atomic mass is 9.92. The molecule has 0 unspecified atom stereocenters. The first-order chi connectivity index (χ1) is 15.3. The van der Waals surface area contributed by atoms with Crippen molar-refractivity contribution in [3.8, 4) is 0 Å². The van der Waals surface area contributed by atoms with Crippen LogP contribution in [0.5, 0.6) is 0 Å². The summed E-state index contributed by atoms with van der Waals surface area (Å²) in [4.78, 5) is 0. The van der Waals surface area contributed by atoms with Gasteiger partial charge in [-0.05, 0) is 36.0 Å². The first-order valence-electron chi connectivity index (χ1n) is 11.6. The van der Waals surface area contributed by atoms with Crippen LogP contribution >= 0.6 is 0 Å². The van der Waals surface area contributed by atoms with E-state index in [1.54, 1.807) is 0 Å². The second-order valence-electron chi connectivity index (χ2n) is 8.98. The average Bonchev–Trinajstić information content (AvgIpc) is 3.16. The normalized spacial score (nSPS) is 27.1. The van der Waals surface area contributed by atoms with Gasteiger partial charge in [0, 0.05) is 12.8 Å². The van der Waals surface area contributed by atoms with Crippen molar-refractivity contribution in [3.05, 3.63) is 83.4 Å². The Balaban J connectivity index is 1.27. The molecule has 3 atom stereocenters. The zero-order valence-corrected chi connectivity index (χ0v) is 18.1. The lowest BCUT2D eigenvalue weighted by molar-refractivity contribution is -0.199. The number of benzene rings is 2. The SMILES string of the molecule is C1=C(COCc2ccccc2)C[C@H]2OC3(CCCCC3)O[C@H]2[C@H]1OCc1ccccc1. The summed E-state index contributed by atoms with van der Waals surface area (Å²) >= 11 is 0. The molecule has 0 N–H and O–H groups in total. The number of hydrogen-bond donors (Lipinski definition) is 0. The number of hydrogen-bond acceptors (Lipinski definition) is 4. The zero-order chi connectivity index (χ0) is 20.9. The van der Waals surface area contributed by atoms with E-state index in [9.17, 15) is 0 Å². The topological polar surface area (TPSA) is 36.9 Å². The molecule has 1 heterocycles. The number of ether oxygens (including phenoxy) is 4. The minimum absolute atomic E-state index is 0.0409. The molecule has 2 aromatic rings. The molecular weight excluding hydrogens is 388 g/mol. The van der Waals surface area contributed by atoms with Crippen LogP contribution in [-0.4, -0.2) is 30.7 Å². The molecule has 164 valence electrons. The van der Waals surface area contributed by atoms with Crippen LogP contribution in [0.1, 0.15) is 49.7 Å². The molecule has 2 aliphatic carbocycles. The maximum Gasteiger partial charge on any atom is 0.169 e. The summed E-state index contributed by atoms with van der Waals surface area (Å²) in [5, 5.41) is 0. The summed E-state index contributed by atoms with van der Waals surface area (Å²) in [6.07, 6.45) is 8.57. The molecule has 4 nitrogen and oxygen atoms in total. The minimum atomic E-state index is -0.407. The Kier molecular flexibility index (Phi) is 6.51. The van der Waals surface area contributed by atoms with E-state index in [1.807, 2.05) is 36.4 Å². The third-order valence-electron chi connectivity index (χ3n) is 6.57. The highest BCUT2D eigenvalue weighted by atomic mass is 16.8. The molecule has 2 aromatic carbocycles. The smallest absolute Gasteiger partial charge is 0.169 e. The van der Waals surface area contributed by atoms with Gasteiger partial charge in [0.05, 0.1) is 25.9 Å². The fraction of sp³-hybridized carbons (Fsp3) is 0.481. The lowest BCUT2D eigenvalue weighted by Crippen LogP contribution is -2.40. The van der Waals surface area contributed by atoms with Crippen molar-refractivity contribution in [1.29, 1.82) is 0 Å². The van der Waals surface area contributed by atoms with Crippen LogP contribution in [-0.2, 0) is 32.2 Å². The third kappa shape index (κ3) is 5.09. The summed E-state index contributed by atoms with van der Waals surface area (Å²) in [5.74, 6) is -0.407. The van der Waals surface area contributed by atoms with Crippen LogP contribution < -0.4 is 0 Å². The molecule has 1 aliphatic heterocycles. The molecule has 31 heavy (non-hydrogen) atoms. The molecule has 0 bridgehead atoms. The number of rotatable bonds is 7. The average molecular weight is 421 g/mol. The van der Waals surface area contributed by atoms with E-state index in [1.165, 1.54) is 36.0 Å². The van der Waals surface area contributed by atoms with E-state index in [2.05, 4.69) is 30.3 Å². The Morgan fingerprint density at radius 1 is 0.774 bits per heavy atom. The van der Waals surface area contributed by atoms with E-state index in [4.69, 9.17) is 18.9 Å². The molecule has 5 rings (SSSR count). The standard InChI is InChI=1S/C27H32O4/c1-4-10-21(11-5-1)18-28-19-23-16-24(29-20-22-12-6-2-7-13-22)26-25(17-23)30-27(31-26)14-8-3-9-15-27/h1-2,4-7,10-13,16,24-26H,3,8-9,14-15,17-20H2/t24-,25+,26-/m0/s1. The van der Waals surface area contributed by atoms with Gasteiger partial charge in [0.15, 0.2) is 5.79 Å². The maximum atomic E-state index is 6.58. The first-order valence-corrected chi connectivity index (χ1v) is 11.6. The van der Waals surface area contributed by atoms with Crippen LogP contribution in [0.4, 0.5) is 0 Å². The molecule has 1 spiro atoms. The highest BCUT2D eigenvalue weighted by molar-refractivity contribution is 5.19. The Labute approximate surface area is 185 Å². The predicted molar refractivity (Wildman–Crippen MR) is 119 cm³/mol. The fourth-order valence-electron chi connectivity index (χ4n) is 5.00. The second kappa shape index (κ2) is 9.66. The quantitative estimate of drug-likeness (QED) is 0.549. The highest BCUT2D eigenvalue weighted by Crippen LogP contribution is 2.45. The van der Waals surface area contributed by atoms with Crippen LogP contribution in [0.25, 0.3) is 0 Å². The van der Waals surface area contributed by atoms with Gasteiger partial charge in [0.2, 0.25) is 0 Å². The first kappa shape index (κ1) is 20.9. The molecule has 0 aromatic heterocycles. The van der Waals surface area contributed by atoms with Crippen molar-refractivity contribution in [1.82, 2.24) is 0 Å². The monoisotopic (exact) mass is 420 g/mol. The Morgan fingerprint density at radius 2 is 1.45 bits per heavy atom. The predicted octanol–water partition coefficient (Wildman–Crippen LogP) is 5.56. The molecule has 2 fully saturated rings. The van der Waals surface area contributed by atoms with E-state index >= 15 is 0 Å². The van der Waals surface area contributed by atoms with Crippen LogP contribution in [0.2, 0.25) is 0 Å². The zero-order valence-electron chi connectivity index (χ0n) is 18.1. The molecule has 0 amide bonds. The number of fused-ring (bicyclic) bond motifs is 1. The van der Waals surface area contributed by atoms with Gasteiger partial charge in [-0.3, -0.25) is 0 Å². The summed E-state index contributed by atoms with van der Waals surface area (Å²) in [5.41, 5.74) is 3.60. The maximum absolute atomic E-state index is 6.58. The van der Waals surface area contributed by atoms with Crippen molar-refractivity contribution in [3.63, 3.8) is 0 Å². The largest absolute Gasteiger partial charge is 0.372 e. The van der Waals surface area contributed by atoms with Crippen LogP contribution in [0, 0.1) is 0 Å². The van der Waals surface area contributed by atoms with E-state index in [-0.39, 0.29) is 18.3 Å². The van der Waals surface area contributed by atoms with Crippen molar-refractivity contribution in [2.45, 2.75) is 75.8 Å². The van der Waals surface area contributed by atoms with Crippen molar-refractivity contribution < 1.29 is 18.9 Å². The van der Waals surface area contributed by atoms with Crippen molar-refractivity contribution in [2.75, 3.05) is 6.61 Å². The molecule has 1 saturated heterocycles. The van der Waals surface area contributed by atoms with Crippen LogP contribution in [0.3, 0.4) is 0 Å². The van der Waals surface area contributed by atoms with E-state index in [0.717, 1.165) is 19.3 Å². The second-order valence-corrected chi connectivity index (χ2v) is 8.98. The van der Waals surface area contributed by atoms with Gasteiger partial charge in [0.25, 0.3) is 0 Å². The van der Waals surface area contributed by atoms with Gasteiger partial charge in [-0.2, -0.15) is 0 Å². The van der Waals surface area contributed by atoms with E-state index < -0.39 is 5.79 Å². The summed E-state index contributed by atoms with van der Waals surface area (Å²) < 4.78 is 25.6. The summed E-state index contributed by atoms with van der Waals surface area (Å²) in [6.45, 7) is 1.78. The fourth-order valence-corrected chi connectivity index (χ4v) is 5.00. The van der Waals surface area contributed by atoms with Crippen molar-refractivity contribution in [2.24, 2.45) is 0 Å². The molecule has 4 heteroatoms.